The lowest BCUT2D eigenvalue weighted by Gasteiger charge is -2.06. The number of nitrogens with one attached hydrogen (secondary N) is 1. The molecule has 0 aliphatic heterocycles. The summed E-state index contributed by atoms with van der Waals surface area (Å²) in [6.45, 7) is 2.34. The molecular formula is C11H11ClN2O2. The lowest BCUT2D eigenvalue weighted by atomic mass is 10.2. The number of carboxylic acids is 1. The van der Waals surface area contributed by atoms with Gasteiger partial charge in [-0.1, -0.05) is 11.6 Å². The predicted molar refractivity (Wildman–Crippen MR) is 62.8 cm³/mol. The molecule has 1 aromatic rings. The molecule has 0 saturated heterocycles. The Labute approximate surface area is 98.6 Å². The van der Waals surface area contributed by atoms with Gasteiger partial charge in [0, 0.05) is 19.2 Å². The van der Waals surface area contributed by atoms with Crippen LogP contribution in [-0.2, 0) is 0 Å². The summed E-state index contributed by atoms with van der Waals surface area (Å²) in [4.78, 5) is 14.8. The highest BCUT2D eigenvalue weighted by Gasteiger charge is 2.12. The minimum atomic E-state index is -1.07. The van der Waals surface area contributed by atoms with Gasteiger partial charge in [-0.2, -0.15) is 0 Å². The number of carboxylic acid groups (broad SMARTS) is 1. The van der Waals surface area contributed by atoms with Gasteiger partial charge in [0.25, 0.3) is 0 Å². The first kappa shape index (κ1) is 12.3. The summed E-state index contributed by atoms with van der Waals surface area (Å²) in [5, 5.41) is 11.9. The first-order valence-corrected chi connectivity index (χ1v) is 5.06. The van der Waals surface area contributed by atoms with E-state index in [-0.39, 0.29) is 10.6 Å². The summed E-state index contributed by atoms with van der Waals surface area (Å²) < 4.78 is 0. The molecule has 0 fully saturated rings. The third-order valence-electron chi connectivity index (χ3n) is 1.84. The van der Waals surface area contributed by atoms with Gasteiger partial charge in [-0.15, -0.1) is 11.8 Å². The molecule has 5 heteroatoms. The van der Waals surface area contributed by atoms with E-state index >= 15 is 0 Å². The molecule has 0 bridgehead atoms. The number of pyridine rings is 1. The van der Waals surface area contributed by atoms with Crippen LogP contribution in [0.3, 0.4) is 0 Å². The minimum absolute atomic E-state index is 0.0424. The summed E-state index contributed by atoms with van der Waals surface area (Å²) in [5.74, 6) is 4.94. The average Bonchev–Trinajstić information content (AvgIpc) is 2.26. The number of aromatic nitrogens is 1. The largest absolute Gasteiger partial charge is 0.478 e. The summed E-state index contributed by atoms with van der Waals surface area (Å²) in [6, 6.07) is 1.36. The van der Waals surface area contributed by atoms with Gasteiger partial charge in [-0.3, -0.25) is 0 Å². The molecule has 0 atom stereocenters. The molecule has 0 amide bonds. The average molecular weight is 239 g/mol. The van der Waals surface area contributed by atoms with Gasteiger partial charge in [0.15, 0.2) is 0 Å². The SMILES string of the molecule is CC#CCCNc1nccc(C(=O)O)c1Cl. The Balaban J connectivity index is 2.76. The van der Waals surface area contributed by atoms with Crippen molar-refractivity contribution in [3.8, 4) is 11.8 Å². The van der Waals surface area contributed by atoms with Crippen LogP contribution in [0.15, 0.2) is 12.3 Å². The predicted octanol–water partition coefficient (Wildman–Crippen LogP) is 2.26. The van der Waals surface area contributed by atoms with E-state index in [0.29, 0.717) is 18.8 Å². The molecule has 0 saturated carbocycles. The van der Waals surface area contributed by atoms with Gasteiger partial charge in [0.1, 0.15) is 5.82 Å². The summed E-state index contributed by atoms with van der Waals surface area (Å²) in [6.07, 6.45) is 2.06. The second-order valence-corrected chi connectivity index (χ2v) is 3.31. The number of carbonyl (C=O) groups is 1. The van der Waals surface area contributed by atoms with E-state index in [2.05, 4.69) is 22.1 Å². The smallest absolute Gasteiger partial charge is 0.337 e. The zero-order chi connectivity index (χ0) is 12.0. The molecule has 1 rings (SSSR count). The Morgan fingerprint density at radius 1 is 1.69 bits per heavy atom. The number of hydrogen-bond donors (Lipinski definition) is 2. The van der Waals surface area contributed by atoms with E-state index in [0.717, 1.165) is 0 Å². The van der Waals surface area contributed by atoms with Crippen molar-refractivity contribution in [1.29, 1.82) is 0 Å². The normalized spacial score (nSPS) is 9.12. The van der Waals surface area contributed by atoms with Crippen molar-refractivity contribution in [2.45, 2.75) is 13.3 Å². The van der Waals surface area contributed by atoms with E-state index in [1.807, 2.05) is 0 Å². The summed E-state index contributed by atoms with van der Waals surface area (Å²) in [5.41, 5.74) is 0.0424. The Kier molecular flexibility index (Phi) is 4.62. The quantitative estimate of drug-likeness (QED) is 0.624. The second kappa shape index (κ2) is 5.99. The molecule has 0 aliphatic carbocycles. The molecule has 1 aromatic heterocycles. The van der Waals surface area contributed by atoms with Gasteiger partial charge in [0.2, 0.25) is 0 Å². The van der Waals surface area contributed by atoms with Gasteiger partial charge >= 0.3 is 5.97 Å². The second-order valence-electron chi connectivity index (χ2n) is 2.93. The maximum absolute atomic E-state index is 10.8. The molecule has 4 nitrogen and oxygen atoms in total. The highest BCUT2D eigenvalue weighted by Crippen LogP contribution is 2.23. The monoisotopic (exact) mass is 238 g/mol. The Morgan fingerprint density at radius 2 is 2.44 bits per heavy atom. The molecule has 0 radical (unpaired) electrons. The van der Waals surface area contributed by atoms with E-state index in [9.17, 15) is 4.79 Å². The fraction of sp³-hybridized carbons (Fsp3) is 0.273. The molecule has 0 spiro atoms. The molecule has 0 aromatic carbocycles. The van der Waals surface area contributed by atoms with Crippen LogP contribution in [-0.4, -0.2) is 22.6 Å². The highest BCUT2D eigenvalue weighted by atomic mass is 35.5. The molecule has 84 valence electrons. The van der Waals surface area contributed by atoms with E-state index < -0.39 is 5.97 Å². The molecule has 2 N–H and O–H groups in total. The van der Waals surface area contributed by atoms with Gasteiger partial charge in [0.05, 0.1) is 10.6 Å². The van der Waals surface area contributed by atoms with Gasteiger partial charge in [-0.25, -0.2) is 9.78 Å². The fourth-order valence-corrected chi connectivity index (χ4v) is 1.36. The van der Waals surface area contributed by atoms with Crippen molar-refractivity contribution < 1.29 is 9.90 Å². The van der Waals surface area contributed by atoms with Crippen LogP contribution < -0.4 is 5.32 Å². The standard InChI is InChI=1S/C11H11ClN2O2/c1-2-3-4-6-13-10-9(12)8(11(15)16)5-7-14-10/h5,7H,4,6H2,1H3,(H,13,14)(H,15,16). The third-order valence-corrected chi connectivity index (χ3v) is 2.22. The number of aromatic carboxylic acids is 1. The van der Waals surface area contributed by atoms with Crippen molar-refractivity contribution in [2.24, 2.45) is 0 Å². The zero-order valence-corrected chi connectivity index (χ0v) is 9.51. The number of nitrogens with zero attached hydrogens (tertiary/aromatic N) is 1. The van der Waals surface area contributed by atoms with Crippen LogP contribution in [0.2, 0.25) is 5.02 Å². The van der Waals surface area contributed by atoms with Crippen LogP contribution in [0.1, 0.15) is 23.7 Å². The number of rotatable bonds is 4. The number of anilines is 1. The molecule has 0 unspecified atom stereocenters. The van der Waals surface area contributed by atoms with Gasteiger partial charge < -0.3 is 10.4 Å². The van der Waals surface area contributed by atoms with Crippen molar-refractivity contribution in [3.05, 3.63) is 22.8 Å². The maximum atomic E-state index is 10.8. The number of hydrogen-bond acceptors (Lipinski definition) is 3. The Bertz CT molecular complexity index is 449. The van der Waals surface area contributed by atoms with E-state index in [1.54, 1.807) is 6.92 Å². The molecule has 16 heavy (non-hydrogen) atoms. The molecular weight excluding hydrogens is 228 g/mol. The maximum Gasteiger partial charge on any atom is 0.337 e. The topological polar surface area (TPSA) is 62.2 Å². The zero-order valence-electron chi connectivity index (χ0n) is 8.75. The van der Waals surface area contributed by atoms with Crippen molar-refractivity contribution in [3.63, 3.8) is 0 Å². The van der Waals surface area contributed by atoms with Crippen LogP contribution in [0.5, 0.6) is 0 Å². The van der Waals surface area contributed by atoms with Crippen molar-refractivity contribution in [1.82, 2.24) is 4.98 Å². The Morgan fingerprint density at radius 3 is 3.06 bits per heavy atom. The molecule has 0 aliphatic rings. The van der Waals surface area contributed by atoms with Crippen LogP contribution in [0, 0.1) is 11.8 Å². The van der Waals surface area contributed by atoms with Gasteiger partial charge in [-0.05, 0) is 13.0 Å². The van der Waals surface area contributed by atoms with Crippen molar-refractivity contribution >= 4 is 23.4 Å². The van der Waals surface area contributed by atoms with E-state index in [4.69, 9.17) is 16.7 Å². The third kappa shape index (κ3) is 3.14. The summed E-state index contributed by atoms with van der Waals surface area (Å²) >= 11 is 5.87. The van der Waals surface area contributed by atoms with E-state index in [1.165, 1.54) is 12.3 Å². The molecule has 1 heterocycles. The van der Waals surface area contributed by atoms with Crippen LogP contribution >= 0.6 is 11.6 Å². The summed E-state index contributed by atoms with van der Waals surface area (Å²) in [7, 11) is 0. The van der Waals surface area contributed by atoms with Crippen LogP contribution in [0.25, 0.3) is 0 Å². The van der Waals surface area contributed by atoms with Crippen LogP contribution in [0.4, 0.5) is 5.82 Å². The number of halogens is 1. The first-order chi connectivity index (χ1) is 7.66. The minimum Gasteiger partial charge on any atom is -0.478 e. The fourth-order valence-electron chi connectivity index (χ4n) is 1.10. The highest BCUT2D eigenvalue weighted by molar-refractivity contribution is 6.35. The Hall–Kier alpha value is -1.73. The lowest BCUT2D eigenvalue weighted by Crippen LogP contribution is -2.06. The van der Waals surface area contributed by atoms with Crippen molar-refractivity contribution in [2.75, 3.05) is 11.9 Å². The first-order valence-electron chi connectivity index (χ1n) is 4.68. The lowest BCUT2D eigenvalue weighted by molar-refractivity contribution is 0.0697.